The van der Waals surface area contributed by atoms with E-state index in [9.17, 15) is 9.18 Å². The van der Waals surface area contributed by atoms with Crippen LogP contribution in [0, 0.1) is 5.82 Å². The van der Waals surface area contributed by atoms with E-state index in [1.165, 1.54) is 19.2 Å². The number of ether oxygens (including phenoxy) is 3. The van der Waals surface area contributed by atoms with Crippen LogP contribution in [0.1, 0.15) is 27.6 Å². The van der Waals surface area contributed by atoms with Gasteiger partial charge in [-0.25, -0.2) is 4.39 Å². The number of methoxy groups -OCH3 is 2. The Bertz CT molecular complexity index is 1170. The molecule has 0 bridgehead atoms. The van der Waals surface area contributed by atoms with Crippen molar-refractivity contribution in [3.63, 3.8) is 0 Å². The number of hydrogen-bond donors (Lipinski definition) is 0. The van der Waals surface area contributed by atoms with Gasteiger partial charge in [-0.05, 0) is 53.6 Å². The van der Waals surface area contributed by atoms with Crippen LogP contribution in [0.2, 0.25) is 5.02 Å². The normalized spacial score (nSPS) is 14.9. The van der Waals surface area contributed by atoms with Crippen LogP contribution in [0.3, 0.4) is 0 Å². The standard InChI is InChI=1S/C28H30ClFN2O4/c1-34-24-5-3-4-20(16-24)19-36-27(21-6-9-23(29)10-7-21)18-31-12-14-32(15-13-31)28(33)22-8-11-26(35-2)25(30)17-22/h3-11,16-17,27H,12-15,18-19H2,1-2H3. The molecule has 1 aliphatic rings. The molecule has 0 aromatic heterocycles. The van der Waals surface area contributed by atoms with Crippen molar-refractivity contribution in [1.82, 2.24) is 9.80 Å². The van der Waals surface area contributed by atoms with Crippen molar-refractivity contribution in [2.24, 2.45) is 0 Å². The van der Waals surface area contributed by atoms with Gasteiger partial charge in [-0.3, -0.25) is 9.69 Å². The molecule has 1 atom stereocenters. The van der Waals surface area contributed by atoms with Gasteiger partial charge >= 0.3 is 0 Å². The fourth-order valence-corrected chi connectivity index (χ4v) is 4.37. The van der Waals surface area contributed by atoms with Crippen molar-refractivity contribution >= 4 is 17.5 Å². The zero-order valence-electron chi connectivity index (χ0n) is 20.5. The maximum absolute atomic E-state index is 14.1. The van der Waals surface area contributed by atoms with Gasteiger partial charge in [-0.15, -0.1) is 0 Å². The first-order valence-electron chi connectivity index (χ1n) is 11.8. The fraction of sp³-hybridized carbons (Fsp3) is 0.321. The van der Waals surface area contributed by atoms with E-state index in [0.717, 1.165) is 16.9 Å². The minimum Gasteiger partial charge on any atom is -0.497 e. The van der Waals surface area contributed by atoms with E-state index >= 15 is 0 Å². The Morgan fingerprint density at radius 2 is 1.72 bits per heavy atom. The lowest BCUT2D eigenvalue weighted by molar-refractivity contribution is 0.00337. The zero-order chi connectivity index (χ0) is 25.5. The van der Waals surface area contributed by atoms with Crippen molar-refractivity contribution in [3.05, 3.63) is 94.3 Å². The van der Waals surface area contributed by atoms with Crippen LogP contribution in [0.15, 0.2) is 66.7 Å². The third-order valence-corrected chi connectivity index (χ3v) is 6.56. The molecule has 1 aliphatic heterocycles. The van der Waals surface area contributed by atoms with E-state index in [-0.39, 0.29) is 17.8 Å². The predicted octanol–water partition coefficient (Wildman–Crippen LogP) is 5.21. The van der Waals surface area contributed by atoms with Crippen molar-refractivity contribution in [1.29, 1.82) is 0 Å². The van der Waals surface area contributed by atoms with Gasteiger partial charge in [0.2, 0.25) is 0 Å². The second kappa shape index (κ2) is 12.2. The highest BCUT2D eigenvalue weighted by atomic mass is 35.5. The number of carbonyl (C=O) groups is 1. The molecule has 0 spiro atoms. The lowest BCUT2D eigenvalue weighted by Crippen LogP contribution is -2.49. The first-order valence-corrected chi connectivity index (χ1v) is 12.2. The van der Waals surface area contributed by atoms with Crippen LogP contribution in [0.25, 0.3) is 0 Å². The van der Waals surface area contributed by atoms with Crippen LogP contribution in [0.5, 0.6) is 11.5 Å². The minimum absolute atomic E-state index is 0.124. The molecule has 190 valence electrons. The van der Waals surface area contributed by atoms with E-state index in [4.69, 9.17) is 25.8 Å². The topological polar surface area (TPSA) is 51.2 Å². The van der Waals surface area contributed by atoms with E-state index in [1.54, 1.807) is 18.1 Å². The molecule has 1 heterocycles. The number of carbonyl (C=O) groups excluding carboxylic acids is 1. The molecule has 0 aliphatic carbocycles. The molecule has 1 amide bonds. The summed E-state index contributed by atoms with van der Waals surface area (Å²) < 4.78 is 30.7. The summed E-state index contributed by atoms with van der Waals surface area (Å²) >= 11 is 6.10. The predicted molar refractivity (Wildman–Crippen MR) is 137 cm³/mol. The molecule has 1 unspecified atom stereocenters. The number of nitrogens with zero attached hydrogens (tertiary/aromatic N) is 2. The van der Waals surface area contributed by atoms with Gasteiger partial charge in [0.1, 0.15) is 5.75 Å². The molecule has 0 saturated carbocycles. The van der Waals surface area contributed by atoms with E-state index in [2.05, 4.69) is 4.90 Å². The summed E-state index contributed by atoms with van der Waals surface area (Å²) in [4.78, 5) is 16.9. The van der Waals surface area contributed by atoms with Crippen molar-refractivity contribution in [3.8, 4) is 11.5 Å². The summed E-state index contributed by atoms with van der Waals surface area (Å²) in [6, 6.07) is 19.8. The van der Waals surface area contributed by atoms with Crippen LogP contribution in [-0.4, -0.2) is 62.7 Å². The third-order valence-electron chi connectivity index (χ3n) is 6.31. The van der Waals surface area contributed by atoms with Crippen LogP contribution in [-0.2, 0) is 11.3 Å². The number of hydrogen-bond acceptors (Lipinski definition) is 5. The second-order valence-corrected chi connectivity index (χ2v) is 9.08. The molecular formula is C28H30ClFN2O4. The maximum Gasteiger partial charge on any atom is 0.254 e. The molecule has 0 N–H and O–H groups in total. The summed E-state index contributed by atoms with van der Waals surface area (Å²) in [6.07, 6.45) is -0.175. The molecule has 36 heavy (non-hydrogen) atoms. The number of halogens is 2. The molecule has 0 radical (unpaired) electrons. The highest BCUT2D eigenvalue weighted by Gasteiger charge is 2.25. The molecule has 3 aromatic carbocycles. The van der Waals surface area contributed by atoms with Crippen molar-refractivity contribution in [2.75, 3.05) is 46.9 Å². The van der Waals surface area contributed by atoms with Gasteiger partial charge in [0.05, 0.1) is 26.9 Å². The highest BCUT2D eigenvalue weighted by molar-refractivity contribution is 6.30. The Labute approximate surface area is 216 Å². The fourth-order valence-electron chi connectivity index (χ4n) is 4.24. The largest absolute Gasteiger partial charge is 0.497 e. The molecule has 3 aromatic rings. The lowest BCUT2D eigenvalue weighted by atomic mass is 10.1. The highest BCUT2D eigenvalue weighted by Crippen LogP contribution is 2.25. The molecule has 6 nitrogen and oxygen atoms in total. The Morgan fingerprint density at radius 3 is 2.39 bits per heavy atom. The van der Waals surface area contributed by atoms with Gasteiger partial charge < -0.3 is 19.1 Å². The summed E-state index contributed by atoms with van der Waals surface area (Å²) in [5.41, 5.74) is 2.38. The summed E-state index contributed by atoms with van der Waals surface area (Å²) in [5, 5.41) is 0.674. The Balaban J connectivity index is 1.38. The van der Waals surface area contributed by atoms with Gasteiger partial charge in [0.15, 0.2) is 11.6 Å². The zero-order valence-corrected chi connectivity index (χ0v) is 21.2. The lowest BCUT2D eigenvalue weighted by Gasteiger charge is -2.36. The number of rotatable bonds is 9. The average Bonchev–Trinajstić information content (AvgIpc) is 2.91. The van der Waals surface area contributed by atoms with E-state index in [0.29, 0.717) is 49.9 Å². The van der Waals surface area contributed by atoms with Gasteiger partial charge in [0, 0.05) is 43.3 Å². The van der Waals surface area contributed by atoms with Gasteiger partial charge in [-0.2, -0.15) is 0 Å². The van der Waals surface area contributed by atoms with E-state index < -0.39 is 5.82 Å². The third kappa shape index (κ3) is 6.55. The molecule has 8 heteroatoms. The molecule has 4 rings (SSSR count). The van der Waals surface area contributed by atoms with Crippen LogP contribution < -0.4 is 9.47 Å². The maximum atomic E-state index is 14.1. The van der Waals surface area contributed by atoms with Crippen LogP contribution in [0.4, 0.5) is 4.39 Å². The first-order chi connectivity index (χ1) is 17.5. The number of benzene rings is 3. The van der Waals surface area contributed by atoms with Crippen molar-refractivity contribution in [2.45, 2.75) is 12.7 Å². The first kappa shape index (κ1) is 25.9. The monoisotopic (exact) mass is 512 g/mol. The molecule has 1 saturated heterocycles. The van der Waals surface area contributed by atoms with Crippen molar-refractivity contribution < 1.29 is 23.4 Å². The Kier molecular flexibility index (Phi) is 8.80. The smallest absolute Gasteiger partial charge is 0.254 e. The summed E-state index contributed by atoms with van der Waals surface area (Å²) in [6.45, 7) is 3.59. The summed E-state index contributed by atoms with van der Waals surface area (Å²) in [5.74, 6) is 0.191. The van der Waals surface area contributed by atoms with Crippen LogP contribution >= 0.6 is 11.6 Å². The SMILES string of the molecule is COc1cccc(COC(CN2CCN(C(=O)c3ccc(OC)c(F)c3)CC2)c2ccc(Cl)cc2)c1. The minimum atomic E-state index is -0.541. The average molecular weight is 513 g/mol. The molecule has 1 fully saturated rings. The Morgan fingerprint density at radius 1 is 0.972 bits per heavy atom. The van der Waals surface area contributed by atoms with Gasteiger partial charge in [-0.1, -0.05) is 35.9 Å². The number of amides is 1. The molecular weight excluding hydrogens is 483 g/mol. The second-order valence-electron chi connectivity index (χ2n) is 8.64. The number of piperazine rings is 1. The van der Waals surface area contributed by atoms with Gasteiger partial charge in [0.25, 0.3) is 5.91 Å². The Hall–Kier alpha value is -3.13. The van der Waals surface area contributed by atoms with E-state index in [1.807, 2.05) is 48.5 Å². The summed E-state index contributed by atoms with van der Waals surface area (Å²) in [7, 11) is 3.04. The quantitative estimate of drug-likeness (QED) is 0.394.